The number of imide groups is 1. The smallest absolute Gasteiger partial charge is 0.335 e. The fourth-order valence-corrected chi connectivity index (χ4v) is 9.90. The second-order valence-electron chi connectivity index (χ2n) is 18.5. The van der Waals surface area contributed by atoms with Gasteiger partial charge in [0.1, 0.15) is 0 Å². The normalized spacial score (nSPS) is 13.6. The first kappa shape index (κ1) is 39.4. The molecule has 0 aromatic heterocycles. The van der Waals surface area contributed by atoms with Crippen LogP contribution in [0.5, 0.6) is 0 Å². The lowest BCUT2D eigenvalue weighted by molar-refractivity contribution is 0.0696. The Balaban J connectivity index is 1.22. The lowest BCUT2D eigenvalue weighted by Gasteiger charge is -2.34. The van der Waals surface area contributed by atoms with Gasteiger partial charge in [-0.1, -0.05) is 114 Å². The highest BCUT2D eigenvalue weighted by atomic mass is 16.4. The number of fused-ring (bicyclic) bond motifs is 2. The van der Waals surface area contributed by atoms with Crippen LogP contribution in [-0.4, -0.2) is 22.9 Å². The van der Waals surface area contributed by atoms with Gasteiger partial charge in [0.15, 0.2) is 0 Å². The highest BCUT2D eigenvalue weighted by Crippen LogP contribution is 2.48. The first-order valence-electron chi connectivity index (χ1n) is 20.8. The molecule has 61 heavy (non-hydrogen) atoms. The number of carboxylic acids is 1. The maximum absolute atomic E-state index is 14.2. The summed E-state index contributed by atoms with van der Waals surface area (Å²) in [5.41, 5.74) is 9.15. The molecule has 0 fully saturated rings. The number of carbonyl (C=O) groups excluding carboxylic acids is 2. The Labute approximate surface area is 356 Å². The standard InChI is InChI=1S/C55H48N2O4/c1-32(2)30-33(3)34-12-18-37(19-13-34)56(38-22-16-36(17-23-38)55(7,8)31-54(4,5)6)47-29-28-41-43-25-27-46-50-45(26-24-42(49(43)50)40-10-9-11-44(47)48(40)41)51(58)57(52(46)59)39-20-14-35(15-21-39)53(60)61/h9-30H,1,31H2,2-8H3,(H,60,61)/b33-30+. The van der Waals surface area contributed by atoms with E-state index in [4.69, 9.17) is 0 Å². The second kappa shape index (κ2) is 14.3. The van der Waals surface area contributed by atoms with Crippen LogP contribution in [0.4, 0.5) is 22.7 Å². The Hall–Kier alpha value is -7.05. The van der Waals surface area contributed by atoms with E-state index in [0.717, 1.165) is 82.8 Å². The number of carbonyl (C=O) groups is 3. The molecule has 0 aliphatic carbocycles. The van der Waals surface area contributed by atoms with Crippen LogP contribution >= 0.6 is 0 Å². The molecule has 0 bridgehead atoms. The first-order chi connectivity index (χ1) is 29.0. The van der Waals surface area contributed by atoms with Crippen LogP contribution in [0, 0.1) is 5.41 Å². The molecule has 0 saturated heterocycles. The Morgan fingerprint density at radius 3 is 1.69 bits per heavy atom. The molecule has 0 saturated carbocycles. The number of aromatic carboxylic acids is 1. The number of benzene rings is 8. The SMILES string of the molecule is C=C(C)/C=C(\C)c1ccc(N(c2ccc(C(C)(C)CC(C)(C)C)cc2)c2ccc3c4ccc5c6c(ccc(c7cccc2c73)c64)C(=O)N(c2ccc(C(=O)O)cc2)C5=O)cc1. The highest BCUT2D eigenvalue weighted by Gasteiger charge is 2.36. The molecule has 6 heteroatoms. The molecule has 2 amide bonds. The van der Waals surface area contributed by atoms with E-state index in [1.165, 1.54) is 29.8 Å². The third-order valence-electron chi connectivity index (χ3n) is 12.2. The molecular weight excluding hydrogens is 753 g/mol. The zero-order chi connectivity index (χ0) is 43.1. The molecule has 0 radical (unpaired) electrons. The molecule has 0 atom stereocenters. The van der Waals surface area contributed by atoms with E-state index in [9.17, 15) is 19.5 Å². The van der Waals surface area contributed by atoms with Gasteiger partial charge < -0.3 is 10.0 Å². The van der Waals surface area contributed by atoms with Crippen LogP contribution in [0.1, 0.15) is 97.1 Å². The fourth-order valence-electron chi connectivity index (χ4n) is 9.90. The minimum atomic E-state index is -1.08. The highest BCUT2D eigenvalue weighted by molar-refractivity contribution is 6.42. The minimum absolute atomic E-state index is 0.00759. The van der Waals surface area contributed by atoms with E-state index in [1.807, 2.05) is 31.2 Å². The quantitative estimate of drug-likeness (QED) is 0.0681. The topological polar surface area (TPSA) is 77.9 Å². The predicted molar refractivity (Wildman–Crippen MR) is 252 cm³/mol. The van der Waals surface area contributed by atoms with Gasteiger partial charge in [0.2, 0.25) is 0 Å². The van der Waals surface area contributed by atoms with Crippen molar-refractivity contribution in [1.82, 2.24) is 0 Å². The summed E-state index contributed by atoms with van der Waals surface area (Å²) in [4.78, 5) is 43.4. The summed E-state index contributed by atoms with van der Waals surface area (Å²) in [6.07, 6.45) is 3.16. The molecule has 0 unspecified atom stereocenters. The van der Waals surface area contributed by atoms with Gasteiger partial charge in [-0.05, 0) is 147 Å². The monoisotopic (exact) mass is 800 g/mol. The third kappa shape index (κ3) is 6.63. The van der Waals surface area contributed by atoms with Gasteiger partial charge >= 0.3 is 5.97 Å². The average molecular weight is 801 g/mol. The summed E-state index contributed by atoms with van der Waals surface area (Å²) in [6.45, 7) is 19.7. The van der Waals surface area contributed by atoms with Crippen LogP contribution in [0.15, 0.2) is 146 Å². The molecule has 1 N–H and O–H groups in total. The van der Waals surface area contributed by atoms with Crippen molar-refractivity contribution in [2.45, 2.75) is 60.3 Å². The number of anilines is 4. The van der Waals surface area contributed by atoms with Crippen molar-refractivity contribution in [2.75, 3.05) is 9.80 Å². The molecule has 6 nitrogen and oxygen atoms in total. The van der Waals surface area contributed by atoms with Gasteiger partial charge in [-0.3, -0.25) is 9.59 Å². The molecular formula is C55H48N2O4. The Morgan fingerprint density at radius 2 is 1.13 bits per heavy atom. The number of hydrogen-bond acceptors (Lipinski definition) is 4. The third-order valence-corrected chi connectivity index (χ3v) is 12.2. The van der Waals surface area contributed by atoms with Crippen LogP contribution in [0.2, 0.25) is 0 Å². The van der Waals surface area contributed by atoms with Crippen molar-refractivity contribution in [2.24, 2.45) is 5.41 Å². The summed E-state index contributed by atoms with van der Waals surface area (Å²) in [6, 6.07) is 42.0. The molecule has 8 aromatic carbocycles. The number of carboxylic acid groups (broad SMARTS) is 1. The van der Waals surface area contributed by atoms with E-state index in [1.54, 1.807) is 0 Å². The van der Waals surface area contributed by atoms with Gasteiger partial charge in [-0.25, -0.2) is 9.69 Å². The number of rotatable bonds is 9. The van der Waals surface area contributed by atoms with Gasteiger partial charge in [-0.2, -0.15) is 0 Å². The number of nitrogens with zero attached hydrogens (tertiary/aromatic N) is 2. The second-order valence-corrected chi connectivity index (χ2v) is 18.5. The molecule has 1 aliphatic rings. The molecule has 0 spiro atoms. The molecule has 9 rings (SSSR count). The van der Waals surface area contributed by atoms with E-state index in [2.05, 4.69) is 138 Å². The summed E-state index contributed by atoms with van der Waals surface area (Å²) in [5, 5.41) is 17.1. The van der Waals surface area contributed by atoms with Gasteiger partial charge in [-0.15, -0.1) is 0 Å². The number of allylic oxidation sites excluding steroid dienone is 3. The average Bonchev–Trinajstić information content (AvgIpc) is 3.22. The number of hydrogen-bond donors (Lipinski definition) is 1. The lowest BCUT2D eigenvalue weighted by atomic mass is 9.72. The van der Waals surface area contributed by atoms with Gasteiger partial charge in [0.05, 0.1) is 16.9 Å². The van der Waals surface area contributed by atoms with Crippen molar-refractivity contribution in [3.63, 3.8) is 0 Å². The maximum atomic E-state index is 14.2. The summed E-state index contributed by atoms with van der Waals surface area (Å²) in [7, 11) is 0. The molecule has 1 heterocycles. The largest absolute Gasteiger partial charge is 0.478 e. The Kier molecular flexibility index (Phi) is 9.24. The molecule has 8 aromatic rings. The summed E-state index contributed by atoms with van der Waals surface area (Å²) in [5.74, 6) is -1.96. The summed E-state index contributed by atoms with van der Waals surface area (Å²) < 4.78 is 0. The van der Waals surface area contributed by atoms with Crippen LogP contribution in [0.25, 0.3) is 48.7 Å². The Bertz CT molecular complexity index is 3080. The zero-order valence-corrected chi connectivity index (χ0v) is 35.7. The predicted octanol–water partition coefficient (Wildman–Crippen LogP) is 14.4. The zero-order valence-electron chi connectivity index (χ0n) is 35.7. The van der Waals surface area contributed by atoms with Crippen LogP contribution in [-0.2, 0) is 5.41 Å². The minimum Gasteiger partial charge on any atom is -0.478 e. The van der Waals surface area contributed by atoms with Crippen molar-refractivity contribution in [3.05, 3.63) is 173 Å². The van der Waals surface area contributed by atoms with Crippen molar-refractivity contribution in [3.8, 4) is 0 Å². The van der Waals surface area contributed by atoms with Gasteiger partial charge in [0, 0.05) is 33.3 Å². The maximum Gasteiger partial charge on any atom is 0.335 e. The van der Waals surface area contributed by atoms with E-state index < -0.39 is 17.8 Å². The van der Waals surface area contributed by atoms with Crippen LogP contribution < -0.4 is 9.80 Å². The van der Waals surface area contributed by atoms with Crippen molar-refractivity contribution in [1.29, 1.82) is 0 Å². The Morgan fingerprint density at radius 1 is 0.623 bits per heavy atom. The number of amides is 2. The van der Waals surface area contributed by atoms with E-state index >= 15 is 0 Å². The molecule has 1 aliphatic heterocycles. The van der Waals surface area contributed by atoms with E-state index in [-0.39, 0.29) is 16.4 Å². The summed E-state index contributed by atoms with van der Waals surface area (Å²) >= 11 is 0. The first-order valence-corrected chi connectivity index (χ1v) is 20.8. The van der Waals surface area contributed by atoms with Gasteiger partial charge in [0.25, 0.3) is 11.8 Å². The van der Waals surface area contributed by atoms with E-state index in [0.29, 0.717) is 22.2 Å². The van der Waals surface area contributed by atoms with Crippen molar-refractivity contribution < 1.29 is 19.5 Å². The lowest BCUT2D eigenvalue weighted by Crippen LogP contribution is -2.40. The molecule has 302 valence electrons. The van der Waals surface area contributed by atoms with Crippen LogP contribution in [0.3, 0.4) is 0 Å². The fraction of sp³-hybridized carbons (Fsp3) is 0.182. The van der Waals surface area contributed by atoms with Crippen molar-refractivity contribution >= 4 is 89.2 Å².